The molecule has 0 unspecified atom stereocenters. The summed E-state index contributed by atoms with van der Waals surface area (Å²) in [5.41, 5.74) is 0. The van der Waals surface area contributed by atoms with Gasteiger partial charge in [-0.25, -0.2) is 0 Å². The lowest BCUT2D eigenvalue weighted by atomic mass is 9.99. The van der Waals surface area contributed by atoms with Gasteiger partial charge in [0.2, 0.25) is 0 Å². The van der Waals surface area contributed by atoms with E-state index >= 15 is 0 Å². The van der Waals surface area contributed by atoms with Crippen molar-refractivity contribution in [2.75, 3.05) is 144 Å². The Morgan fingerprint density at radius 3 is 0.879 bits per heavy atom. The fourth-order valence-corrected chi connectivity index (χ4v) is 2.54. The van der Waals surface area contributed by atoms with Crippen LogP contribution >= 0.6 is 0 Å². The molecule has 0 fully saturated rings. The maximum absolute atomic E-state index is 5.05. The topological polar surface area (TPSA) is 43.9 Å². The van der Waals surface area contributed by atoms with Crippen molar-refractivity contribution in [3.8, 4) is 0 Å². The first-order valence-electron chi connectivity index (χ1n) is 12.2. The molecule has 8 nitrogen and oxygen atoms in total. The fraction of sp³-hybridized carbons (Fsp3) is 1.00. The first kappa shape index (κ1) is 37.2. The number of hydrogen-bond donors (Lipinski definition) is 0. The molecule has 8 heteroatoms. The van der Waals surface area contributed by atoms with Gasteiger partial charge in [0, 0.05) is 80.4 Å². The molecule has 0 aliphatic rings. The summed E-state index contributed by atoms with van der Waals surface area (Å²) in [6, 6.07) is 0. The molecule has 0 aromatic carbocycles. The van der Waals surface area contributed by atoms with Gasteiger partial charge in [-0.15, -0.1) is 0 Å². The summed E-state index contributed by atoms with van der Waals surface area (Å²) < 4.78 is 15.2. The molecule has 0 aromatic heterocycles. The Labute approximate surface area is 208 Å². The number of hydrogen-bond acceptors (Lipinski definition) is 8. The van der Waals surface area contributed by atoms with Crippen LogP contribution in [0.4, 0.5) is 0 Å². The van der Waals surface area contributed by atoms with Crippen LogP contribution in [0.25, 0.3) is 0 Å². The molecule has 0 atom stereocenters. The third-order valence-corrected chi connectivity index (χ3v) is 5.04. The summed E-state index contributed by atoms with van der Waals surface area (Å²) in [6.45, 7) is 9.38. The summed E-state index contributed by atoms with van der Waals surface area (Å²) in [5.74, 6) is 0.667. The van der Waals surface area contributed by atoms with Gasteiger partial charge in [0.15, 0.2) is 0 Å². The van der Waals surface area contributed by atoms with Crippen molar-refractivity contribution in [3.63, 3.8) is 0 Å². The minimum Gasteiger partial charge on any atom is -0.385 e. The Hall–Kier alpha value is -0.320. The standard InChI is InChI=1S/C10H22O3.C9H23N3.C6H16N2/c1-11-7-4-10(5-8-12-2)6-9-13-3;1-10(2)6-8-12(5)9-7-11(3)4;1-7(2)5-6-8(3)4/h10H,4-9H2,1-3H3;6-9H2,1-5H3;5-6H2,1-4H3. The molecule has 33 heavy (non-hydrogen) atoms. The molecule has 0 saturated carbocycles. The fourth-order valence-electron chi connectivity index (χ4n) is 2.54. The second-order valence-corrected chi connectivity index (χ2v) is 9.73. The van der Waals surface area contributed by atoms with Gasteiger partial charge in [-0.3, -0.25) is 0 Å². The van der Waals surface area contributed by atoms with Gasteiger partial charge in [-0.1, -0.05) is 0 Å². The third-order valence-electron chi connectivity index (χ3n) is 5.04. The Kier molecular flexibility index (Phi) is 31.5. The van der Waals surface area contributed by atoms with Crippen molar-refractivity contribution in [3.05, 3.63) is 0 Å². The second-order valence-electron chi connectivity index (χ2n) is 9.73. The van der Waals surface area contributed by atoms with Crippen LogP contribution in [0.15, 0.2) is 0 Å². The lowest BCUT2D eigenvalue weighted by molar-refractivity contribution is 0.121. The van der Waals surface area contributed by atoms with E-state index in [1.165, 1.54) is 0 Å². The van der Waals surface area contributed by atoms with Crippen molar-refractivity contribution < 1.29 is 14.2 Å². The summed E-state index contributed by atoms with van der Waals surface area (Å²) in [5, 5.41) is 0. The van der Waals surface area contributed by atoms with Crippen LogP contribution in [0.1, 0.15) is 19.3 Å². The van der Waals surface area contributed by atoms with E-state index in [0.29, 0.717) is 5.92 Å². The van der Waals surface area contributed by atoms with E-state index < -0.39 is 0 Å². The minimum atomic E-state index is 0.667. The van der Waals surface area contributed by atoms with Crippen LogP contribution in [0.5, 0.6) is 0 Å². The zero-order chi connectivity index (χ0) is 26.1. The van der Waals surface area contributed by atoms with Gasteiger partial charge in [-0.05, 0) is 88.6 Å². The van der Waals surface area contributed by atoms with E-state index in [4.69, 9.17) is 14.2 Å². The highest BCUT2D eigenvalue weighted by atomic mass is 16.5. The van der Waals surface area contributed by atoms with E-state index in [9.17, 15) is 0 Å². The van der Waals surface area contributed by atoms with Crippen molar-refractivity contribution >= 4 is 0 Å². The van der Waals surface area contributed by atoms with E-state index in [2.05, 4.69) is 87.9 Å². The zero-order valence-electron chi connectivity index (χ0n) is 24.5. The summed E-state index contributed by atoms with van der Waals surface area (Å²) in [6.07, 6.45) is 3.30. The second kappa shape index (κ2) is 27.9. The van der Waals surface area contributed by atoms with Gasteiger partial charge in [0.25, 0.3) is 0 Å². The SMILES string of the molecule is CN(C)CCN(C)C.CN(C)CCN(C)CCN(C)C.COCCC(CCOC)CCOC. The molecule has 0 N–H and O–H groups in total. The van der Waals surface area contributed by atoms with Gasteiger partial charge in [-0.2, -0.15) is 0 Å². The molecular formula is C25H61N5O3. The van der Waals surface area contributed by atoms with E-state index in [1.54, 1.807) is 21.3 Å². The Morgan fingerprint density at radius 2 is 0.667 bits per heavy atom. The molecule has 0 spiro atoms. The van der Waals surface area contributed by atoms with Crippen LogP contribution in [0, 0.1) is 5.92 Å². The Morgan fingerprint density at radius 1 is 0.424 bits per heavy atom. The van der Waals surface area contributed by atoms with Gasteiger partial charge in [0.1, 0.15) is 0 Å². The molecule has 0 bridgehead atoms. The lowest BCUT2D eigenvalue weighted by Gasteiger charge is -2.20. The monoisotopic (exact) mass is 479 g/mol. The molecule has 0 aliphatic carbocycles. The number of ether oxygens (including phenoxy) is 3. The molecule has 0 aromatic rings. The lowest BCUT2D eigenvalue weighted by Crippen LogP contribution is -2.33. The largest absolute Gasteiger partial charge is 0.385 e. The smallest absolute Gasteiger partial charge is 0.0464 e. The van der Waals surface area contributed by atoms with Gasteiger partial charge in [0.05, 0.1) is 0 Å². The number of methoxy groups -OCH3 is 3. The van der Waals surface area contributed by atoms with Crippen LogP contribution in [-0.2, 0) is 14.2 Å². The predicted molar refractivity (Wildman–Crippen MR) is 145 cm³/mol. The van der Waals surface area contributed by atoms with Crippen molar-refractivity contribution in [2.45, 2.75) is 19.3 Å². The zero-order valence-corrected chi connectivity index (χ0v) is 24.5. The Bertz CT molecular complexity index is 320. The molecule has 0 amide bonds. The van der Waals surface area contributed by atoms with Crippen molar-refractivity contribution in [1.29, 1.82) is 0 Å². The summed E-state index contributed by atoms with van der Waals surface area (Å²) >= 11 is 0. The number of rotatable bonds is 18. The quantitative estimate of drug-likeness (QED) is 0.295. The van der Waals surface area contributed by atoms with Gasteiger partial charge >= 0.3 is 0 Å². The highest BCUT2D eigenvalue weighted by molar-refractivity contribution is 4.59. The average molecular weight is 480 g/mol. The molecule has 204 valence electrons. The van der Waals surface area contributed by atoms with Crippen LogP contribution in [-0.4, -0.2) is 168 Å². The average Bonchev–Trinajstić information content (AvgIpc) is 2.75. The summed E-state index contributed by atoms with van der Waals surface area (Å²) in [7, 11) is 24.2. The van der Waals surface area contributed by atoms with Crippen LogP contribution in [0.2, 0.25) is 0 Å². The molecule has 0 heterocycles. The first-order valence-corrected chi connectivity index (χ1v) is 12.2. The maximum atomic E-state index is 5.05. The maximum Gasteiger partial charge on any atom is 0.0464 e. The van der Waals surface area contributed by atoms with Crippen LogP contribution in [0.3, 0.4) is 0 Å². The van der Waals surface area contributed by atoms with Crippen molar-refractivity contribution in [2.24, 2.45) is 5.92 Å². The minimum absolute atomic E-state index is 0.667. The molecule has 0 rings (SSSR count). The predicted octanol–water partition coefficient (Wildman–Crippen LogP) is 1.86. The molecule has 0 radical (unpaired) electrons. The molecule has 0 saturated heterocycles. The van der Waals surface area contributed by atoms with Crippen LogP contribution < -0.4 is 0 Å². The molecular weight excluding hydrogens is 418 g/mol. The van der Waals surface area contributed by atoms with Crippen molar-refractivity contribution in [1.82, 2.24) is 24.5 Å². The molecule has 0 aliphatic heterocycles. The van der Waals surface area contributed by atoms with E-state index in [1.807, 2.05) is 0 Å². The normalized spacial score (nSPS) is 11.5. The van der Waals surface area contributed by atoms with E-state index in [0.717, 1.165) is 78.4 Å². The highest BCUT2D eigenvalue weighted by Gasteiger charge is 2.07. The van der Waals surface area contributed by atoms with Gasteiger partial charge < -0.3 is 38.7 Å². The van der Waals surface area contributed by atoms with E-state index in [-0.39, 0.29) is 0 Å². The summed E-state index contributed by atoms with van der Waals surface area (Å²) in [4.78, 5) is 11.2. The Balaban J connectivity index is -0.000000421. The number of nitrogens with zero attached hydrogens (tertiary/aromatic N) is 5. The first-order chi connectivity index (χ1) is 15.5. The third kappa shape index (κ3) is 39.2. The number of likely N-dealkylation sites (N-methyl/N-ethyl adjacent to an activating group) is 5. The highest BCUT2D eigenvalue weighted by Crippen LogP contribution is 2.13.